The molecule has 0 aliphatic carbocycles. The van der Waals surface area contributed by atoms with E-state index in [-0.39, 0.29) is 23.6 Å². The van der Waals surface area contributed by atoms with E-state index in [1.54, 1.807) is 20.0 Å². The van der Waals surface area contributed by atoms with Crippen molar-refractivity contribution in [2.24, 2.45) is 10.7 Å². The Morgan fingerprint density at radius 1 is 1.37 bits per heavy atom. The molecule has 1 aliphatic rings. The molecule has 0 bridgehead atoms. The molecule has 0 saturated heterocycles. The van der Waals surface area contributed by atoms with Crippen LogP contribution in [0.1, 0.15) is 23.0 Å². The number of hydrogen-bond donors (Lipinski definition) is 2. The van der Waals surface area contributed by atoms with Gasteiger partial charge in [0.05, 0.1) is 11.6 Å². The highest BCUT2D eigenvalue weighted by atomic mass is 35.5. The summed E-state index contributed by atoms with van der Waals surface area (Å²) in [5.41, 5.74) is 5.36. The molecule has 2 amide bonds. The molecule has 27 heavy (non-hydrogen) atoms. The molecule has 2 heterocycles. The van der Waals surface area contributed by atoms with Gasteiger partial charge in [0, 0.05) is 24.5 Å². The number of aromatic nitrogens is 1. The van der Waals surface area contributed by atoms with E-state index in [9.17, 15) is 14.0 Å². The van der Waals surface area contributed by atoms with Crippen LogP contribution in [0.5, 0.6) is 0 Å². The number of benzene rings is 1. The number of amides is 2. The van der Waals surface area contributed by atoms with Gasteiger partial charge in [-0.3, -0.25) is 14.6 Å². The Morgan fingerprint density at radius 3 is 2.74 bits per heavy atom. The molecular weight excluding hydrogens is 373 g/mol. The van der Waals surface area contributed by atoms with Crippen LogP contribution in [0.15, 0.2) is 41.5 Å². The van der Waals surface area contributed by atoms with Gasteiger partial charge in [-0.15, -0.1) is 0 Å². The zero-order valence-electron chi connectivity index (χ0n) is 14.7. The van der Waals surface area contributed by atoms with Gasteiger partial charge in [0.1, 0.15) is 17.1 Å². The molecule has 1 atom stereocenters. The van der Waals surface area contributed by atoms with Crippen molar-refractivity contribution in [1.29, 1.82) is 0 Å². The molecule has 1 aromatic carbocycles. The molecule has 140 valence electrons. The third kappa shape index (κ3) is 3.75. The summed E-state index contributed by atoms with van der Waals surface area (Å²) in [4.78, 5) is 33.7. The minimum atomic E-state index is -1.07. The second-order valence-corrected chi connectivity index (χ2v) is 6.88. The Balaban J connectivity index is 1.92. The molecule has 1 aromatic heterocycles. The van der Waals surface area contributed by atoms with Crippen molar-refractivity contribution in [3.63, 3.8) is 0 Å². The minimum Gasteiger partial charge on any atom is -0.379 e. The first-order chi connectivity index (χ1) is 12.7. The highest BCUT2D eigenvalue weighted by Crippen LogP contribution is 2.33. The van der Waals surface area contributed by atoms with Gasteiger partial charge in [0.15, 0.2) is 5.84 Å². The zero-order chi connectivity index (χ0) is 19.8. The van der Waals surface area contributed by atoms with Crippen LogP contribution in [0.2, 0.25) is 5.02 Å². The van der Waals surface area contributed by atoms with Gasteiger partial charge in [-0.1, -0.05) is 11.6 Å². The summed E-state index contributed by atoms with van der Waals surface area (Å²) >= 11 is 5.76. The van der Waals surface area contributed by atoms with E-state index in [0.29, 0.717) is 10.7 Å². The smallest absolute Gasteiger partial charge is 0.288 e. The number of likely N-dealkylation sites (N-methyl/N-ethyl adjacent to an activating group) is 1. The van der Waals surface area contributed by atoms with Crippen molar-refractivity contribution >= 4 is 34.9 Å². The van der Waals surface area contributed by atoms with Crippen LogP contribution in [0.4, 0.5) is 10.1 Å². The first kappa shape index (κ1) is 18.8. The van der Waals surface area contributed by atoms with Crippen LogP contribution in [0.3, 0.4) is 0 Å². The molecule has 0 fully saturated rings. The number of carbonyl (C=O) groups is 2. The summed E-state index contributed by atoms with van der Waals surface area (Å²) in [6.45, 7) is 1.83. The van der Waals surface area contributed by atoms with E-state index < -0.39 is 23.2 Å². The molecule has 9 heteroatoms. The third-order valence-electron chi connectivity index (χ3n) is 4.24. The standard InChI is InChI=1S/C18H17ClFN5O2/c1-18(9-25(2)17(27)15(21)24-18)12-7-11(4-5-13(12)20)23-16(26)14-6-3-10(19)8-22-14/h3-8H,9H2,1-2H3,(H2,21,24)(H,23,26). The number of halogens is 2. The normalized spacial score (nSPS) is 19.6. The fourth-order valence-corrected chi connectivity index (χ4v) is 3.06. The number of rotatable bonds is 3. The zero-order valence-corrected chi connectivity index (χ0v) is 15.4. The second kappa shape index (κ2) is 6.96. The predicted molar refractivity (Wildman–Crippen MR) is 100 cm³/mol. The Labute approximate surface area is 160 Å². The molecule has 1 aliphatic heterocycles. The topological polar surface area (TPSA) is 101 Å². The number of nitrogens with one attached hydrogen (secondary N) is 1. The van der Waals surface area contributed by atoms with E-state index in [2.05, 4.69) is 15.3 Å². The molecule has 3 N–H and O–H groups in total. The second-order valence-electron chi connectivity index (χ2n) is 6.44. The number of carbonyl (C=O) groups excluding carboxylic acids is 2. The lowest BCUT2D eigenvalue weighted by Gasteiger charge is -2.35. The highest BCUT2D eigenvalue weighted by molar-refractivity contribution is 6.37. The quantitative estimate of drug-likeness (QED) is 0.840. The Morgan fingerprint density at radius 2 is 2.11 bits per heavy atom. The van der Waals surface area contributed by atoms with E-state index in [1.807, 2.05) is 0 Å². The van der Waals surface area contributed by atoms with Crippen LogP contribution in [-0.4, -0.2) is 41.1 Å². The molecule has 7 nitrogen and oxygen atoms in total. The summed E-state index contributed by atoms with van der Waals surface area (Å²) in [5.74, 6) is -1.58. The van der Waals surface area contributed by atoms with Gasteiger partial charge < -0.3 is 16.0 Å². The molecule has 3 rings (SSSR count). The van der Waals surface area contributed by atoms with Gasteiger partial charge in [0.2, 0.25) is 0 Å². The van der Waals surface area contributed by atoms with Crippen molar-refractivity contribution in [2.45, 2.75) is 12.5 Å². The van der Waals surface area contributed by atoms with E-state index in [0.717, 1.165) is 0 Å². The van der Waals surface area contributed by atoms with Crippen molar-refractivity contribution in [3.8, 4) is 0 Å². The maximum atomic E-state index is 14.5. The SMILES string of the molecule is CN1CC(C)(c2cc(NC(=O)c3ccc(Cl)cn3)ccc2F)N=C(N)C1=O. The van der Waals surface area contributed by atoms with Gasteiger partial charge in [-0.05, 0) is 37.3 Å². The van der Waals surface area contributed by atoms with Crippen molar-refractivity contribution in [3.05, 3.63) is 58.6 Å². The van der Waals surface area contributed by atoms with E-state index >= 15 is 0 Å². The number of nitrogens with two attached hydrogens (primary N) is 1. The summed E-state index contributed by atoms with van der Waals surface area (Å²) in [6.07, 6.45) is 1.36. The maximum absolute atomic E-state index is 14.5. The maximum Gasteiger partial charge on any atom is 0.288 e. The lowest BCUT2D eigenvalue weighted by atomic mass is 9.89. The Hall–Kier alpha value is -3.00. The first-order valence-electron chi connectivity index (χ1n) is 8.03. The number of anilines is 1. The fourth-order valence-electron chi connectivity index (χ4n) is 2.94. The average molecular weight is 390 g/mol. The molecule has 0 radical (unpaired) electrons. The third-order valence-corrected chi connectivity index (χ3v) is 4.47. The summed E-state index contributed by atoms with van der Waals surface area (Å²) in [6, 6.07) is 7.17. The van der Waals surface area contributed by atoms with E-state index in [1.165, 1.54) is 35.4 Å². The number of hydrogen-bond acceptors (Lipinski definition) is 5. The number of pyridine rings is 1. The van der Waals surface area contributed by atoms with Crippen molar-refractivity contribution < 1.29 is 14.0 Å². The number of amidine groups is 1. The molecule has 2 aromatic rings. The molecule has 0 saturated carbocycles. The van der Waals surface area contributed by atoms with Crippen molar-refractivity contribution in [1.82, 2.24) is 9.88 Å². The number of nitrogens with zero attached hydrogens (tertiary/aromatic N) is 3. The van der Waals surface area contributed by atoms with Crippen LogP contribution >= 0.6 is 11.6 Å². The van der Waals surface area contributed by atoms with E-state index in [4.69, 9.17) is 17.3 Å². The van der Waals surface area contributed by atoms with Gasteiger partial charge in [-0.25, -0.2) is 9.37 Å². The Kier molecular flexibility index (Phi) is 4.84. The molecule has 1 unspecified atom stereocenters. The average Bonchev–Trinajstić information content (AvgIpc) is 2.61. The predicted octanol–water partition coefficient (Wildman–Crippen LogP) is 2.17. The summed E-state index contributed by atoms with van der Waals surface area (Å²) in [7, 11) is 1.57. The lowest BCUT2D eigenvalue weighted by Crippen LogP contribution is -2.50. The first-order valence-corrected chi connectivity index (χ1v) is 8.41. The van der Waals surface area contributed by atoms with Gasteiger partial charge in [-0.2, -0.15) is 0 Å². The van der Waals surface area contributed by atoms with Crippen LogP contribution < -0.4 is 11.1 Å². The summed E-state index contributed by atoms with van der Waals surface area (Å²) in [5, 5.41) is 3.07. The highest BCUT2D eigenvalue weighted by Gasteiger charge is 2.37. The van der Waals surface area contributed by atoms with Gasteiger partial charge in [0.25, 0.3) is 11.8 Å². The lowest BCUT2D eigenvalue weighted by molar-refractivity contribution is -0.124. The fraction of sp³-hybridized carbons (Fsp3) is 0.222. The number of aliphatic imine (C=N–C) groups is 1. The molecule has 0 spiro atoms. The van der Waals surface area contributed by atoms with Gasteiger partial charge >= 0.3 is 0 Å². The minimum absolute atomic E-state index is 0.152. The monoisotopic (exact) mass is 389 g/mol. The van der Waals surface area contributed by atoms with Crippen LogP contribution in [0.25, 0.3) is 0 Å². The summed E-state index contributed by atoms with van der Waals surface area (Å²) < 4.78 is 14.5. The van der Waals surface area contributed by atoms with Crippen molar-refractivity contribution in [2.75, 3.05) is 18.9 Å². The Bertz CT molecular complexity index is 947. The molecular formula is C18H17ClFN5O2. The van der Waals surface area contributed by atoms with Crippen LogP contribution in [0, 0.1) is 5.82 Å². The van der Waals surface area contributed by atoms with Crippen LogP contribution in [-0.2, 0) is 10.3 Å². The largest absolute Gasteiger partial charge is 0.379 e.